The van der Waals surface area contributed by atoms with E-state index in [2.05, 4.69) is 0 Å². The lowest BCUT2D eigenvalue weighted by molar-refractivity contribution is -0.127. The molecule has 7 heteroatoms. The summed E-state index contributed by atoms with van der Waals surface area (Å²) >= 11 is 0. The lowest BCUT2D eigenvalue weighted by Crippen LogP contribution is -2.46. The molecule has 5 nitrogen and oxygen atoms in total. The van der Waals surface area contributed by atoms with Crippen molar-refractivity contribution in [3.8, 4) is 5.75 Å². The van der Waals surface area contributed by atoms with Crippen LogP contribution in [0.2, 0.25) is 0 Å². The van der Waals surface area contributed by atoms with Crippen LogP contribution in [-0.2, 0) is 13.8 Å². The first-order valence-corrected chi connectivity index (χ1v) is 8.05. The summed E-state index contributed by atoms with van der Waals surface area (Å²) in [5.41, 5.74) is 0.406. The number of benzene rings is 1. The Morgan fingerprint density at radius 2 is 2.00 bits per heavy atom. The Bertz CT molecular complexity index is 627. The van der Waals surface area contributed by atoms with E-state index in [-0.39, 0.29) is 16.7 Å². The van der Waals surface area contributed by atoms with Crippen molar-refractivity contribution in [2.75, 3.05) is 11.9 Å². The molecule has 104 valence electrons. The number of hydrogen-bond donors (Lipinski definition) is 0. The minimum absolute atomic E-state index is 0.0273. The van der Waals surface area contributed by atoms with Gasteiger partial charge in [-0.3, -0.25) is 4.79 Å². The fourth-order valence-corrected chi connectivity index (χ4v) is 2.70. The lowest BCUT2D eigenvalue weighted by atomic mass is 10.0. The molecule has 0 radical (unpaired) electrons. The van der Waals surface area contributed by atoms with E-state index < -0.39 is 15.2 Å². The first kappa shape index (κ1) is 14.1. The van der Waals surface area contributed by atoms with Crippen LogP contribution in [0, 0.1) is 5.92 Å². The number of likely N-dealkylation sites (N-methyl/N-ethyl adjacent to an activating group) is 1. The summed E-state index contributed by atoms with van der Waals surface area (Å²) in [6, 6.07) is 4.22. The number of rotatable bonds is 2. The molecule has 0 fully saturated rings. The Labute approximate surface area is 116 Å². The highest BCUT2D eigenvalue weighted by Crippen LogP contribution is 2.37. The number of fused-ring (bicyclic) bond motifs is 1. The zero-order valence-corrected chi connectivity index (χ0v) is 12.3. The molecule has 19 heavy (non-hydrogen) atoms. The number of ether oxygens (including phenoxy) is 1. The Morgan fingerprint density at radius 1 is 1.37 bits per heavy atom. The molecule has 1 aliphatic heterocycles. The Kier molecular flexibility index (Phi) is 3.49. The summed E-state index contributed by atoms with van der Waals surface area (Å²) in [5, 5.41) is 0. The van der Waals surface area contributed by atoms with Crippen molar-refractivity contribution in [2.24, 2.45) is 5.92 Å². The van der Waals surface area contributed by atoms with E-state index in [1.165, 1.54) is 23.1 Å². The Balaban J connectivity index is 2.51. The normalized spacial score (nSPS) is 19.3. The maximum absolute atomic E-state index is 12.1. The number of hydrogen-bond acceptors (Lipinski definition) is 4. The van der Waals surface area contributed by atoms with Crippen LogP contribution in [0.25, 0.3) is 0 Å². The minimum atomic E-state index is -3.83. The molecule has 1 aromatic rings. The first-order chi connectivity index (χ1) is 8.71. The second-order valence-electron chi connectivity index (χ2n) is 4.75. The molecule has 1 amide bonds. The Hall–Kier alpha value is -1.27. The van der Waals surface area contributed by atoms with Crippen LogP contribution in [0.3, 0.4) is 0 Å². The quantitative estimate of drug-likeness (QED) is 0.784. The fraction of sp³-hybridized carbons (Fsp3) is 0.417. The zero-order valence-electron chi connectivity index (χ0n) is 10.8. The van der Waals surface area contributed by atoms with E-state index in [9.17, 15) is 13.2 Å². The average Bonchev–Trinajstić information content (AvgIpc) is 2.31. The fourth-order valence-electron chi connectivity index (χ4n) is 1.93. The Morgan fingerprint density at radius 3 is 2.53 bits per heavy atom. The van der Waals surface area contributed by atoms with Crippen LogP contribution >= 0.6 is 10.7 Å². The monoisotopic (exact) mass is 303 g/mol. The van der Waals surface area contributed by atoms with Crippen molar-refractivity contribution in [3.05, 3.63) is 18.2 Å². The third-order valence-electron chi connectivity index (χ3n) is 3.01. The van der Waals surface area contributed by atoms with Crippen LogP contribution < -0.4 is 9.64 Å². The summed E-state index contributed by atoms with van der Waals surface area (Å²) in [6.45, 7) is 3.78. The van der Waals surface area contributed by atoms with Crippen LogP contribution in [0.1, 0.15) is 13.8 Å². The summed E-state index contributed by atoms with van der Waals surface area (Å²) in [4.78, 5) is 13.5. The number of nitrogens with zero attached hydrogens (tertiary/aromatic N) is 1. The van der Waals surface area contributed by atoms with Crippen molar-refractivity contribution < 1.29 is 17.9 Å². The maximum atomic E-state index is 12.1. The van der Waals surface area contributed by atoms with Crippen LogP contribution in [0.15, 0.2) is 23.1 Å². The molecule has 1 unspecified atom stereocenters. The second kappa shape index (κ2) is 4.68. The van der Waals surface area contributed by atoms with E-state index in [1.807, 2.05) is 13.8 Å². The van der Waals surface area contributed by atoms with Crippen molar-refractivity contribution in [1.29, 1.82) is 0 Å². The molecule has 1 atom stereocenters. The molecule has 0 spiro atoms. The van der Waals surface area contributed by atoms with Crippen molar-refractivity contribution >= 4 is 31.3 Å². The summed E-state index contributed by atoms with van der Waals surface area (Å²) in [5.74, 6) is 0.302. The molecule has 0 bridgehead atoms. The topological polar surface area (TPSA) is 63.7 Å². The molecule has 0 saturated carbocycles. The van der Waals surface area contributed by atoms with Gasteiger partial charge in [-0.15, -0.1) is 0 Å². The van der Waals surface area contributed by atoms with Crippen LogP contribution in [-0.4, -0.2) is 27.5 Å². The highest BCUT2D eigenvalue weighted by molar-refractivity contribution is 8.13. The predicted molar refractivity (Wildman–Crippen MR) is 72.1 cm³/mol. The highest BCUT2D eigenvalue weighted by Gasteiger charge is 2.34. The third-order valence-corrected chi connectivity index (χ3v) is 4.36. The SMILES string of the molecule is CC(C)C1Oc2ccc(S(=O)(=O)Cl)cc2N(C)C1=O. The van der Waals surface area contributed by atoms with Gasteiger partial charge >= 0.3 is 0 Å². The molecule has 0 N–H and O–H groups in total. The summed E-state index contributed by atoms with van der Waals surface area (Å²) in [7, 11) is 3.05. The van der Waals surface area contributed by atoms with Crippen LogP contribution in [0.5, 0.6) is 5.75 Å². The highest BCUT2D eigenvalue weighted by atomic mass is 35.7. The number of carbonyl (C=O) groups excluding carboxylic acids is 1. The molecule has 0 aliphatic carbocycles. The van der Waals surface area contributed by atoms with Gasteiger partial charge in [-0.2, -0.15) is 0 Å². The number of anilines is 1. The van der Waals surface area contributed by atoms with E-state index in [0.29, 0.717) is 11.4 Å². The standard InChI is InChI=1S/C12H14ClNO4S/c1-7(2)11-12(15)14(3)9-6-8(19(13,16)17)4-5-10(9)18-11/h4-7,11H,1-3H3. The molecule has 1 aliphatic rings. The van der Waals surface area contributed by atoms with Gasteiger partial charge in [-0.1, -0.05) is 13.8 Å². The number of halogens is 1. The van der Waals surface area contributed by atoms with Gasteiger partial charge in [-0.25, -0.2) is 8.42 Å². The molecule has 1 aromatic carbocycles. The van der Waals surface area contributed by atoms with Gasteiger partial charge in [-0.05, 0) is 24.1 Å². The smallest absolute Gasteiger partial charge is 0.268 e. The number of amides is 1. The molecular formula is C12H14ClNO4S. The van der Waals surface area contributed by atoms with Gasteiger partial charge in [0.15, 0.2) is 6.10 Å². The molecule has 0 aromatic heterocycles. The minimum Gasteiger partial charge on any atom is -0.478 e. The van der Waals surface area contributed by atoms with Crippen molar-refractivity contribution in [2.45, 2.75) is 24.8 Å². The van der Waals surface area contributed by atoms with Crippen LogP contribution in [0.4, 0.5) is 5.69 Å². The third kappa shape index (κ3) is 2.55. The molecule has 2 rings (SSSR count). The predicted octanol–water partition coefficient (Wildman–Crippen LogP) is 1.99. The maximum Gasteiger partial charge on any atom is 0.268 e. The average molecular weight is 304 g/mol. The largest absolute Gasteiger partial charge is 0.478 e. The zero-order chi connectivity index (χ0) is 14.4. The molecular weight excluding hydrogens is 290 g/mol. The van der Waals surface area contributed by atoms with Gasteiger partial charge in [0.1, 0.15) is 5.75 Å². The van der Waals surface area contributed by atoms with Gasteiger partial charge in [0.05, 0.1) is 10.6 Å². The van der Waals surface area contributed by atoms with E-state index >= 15 is 0 Å². The van der Waals surface area contributed by atoms with Gasteiger partial charge < -0.3 is 9.64 Å². The van der Waals surface area contributed by atoms with Gasteiger partial charge in [0.2, 0.25) is 0 Å². The van der Waals surface area contributed by atoms with Gasteiger partial charge in [0.25, 0.3) is 15.0 Å². The van der Waals surface area contributed by atoms with Crippen molar-refractivity contribution in [3.63, 3.8) is 0 Å². The van der Waals surface area contributed by atoms with E-state index in [0.717, 1.165) is 0 Å². The number of carbonyl (C=O) groups is 1. The van der Waals surface area contributed by atoms with Crippen molar-refractivity contribution in [1.82, 2.24) is 0 Å². The van der Waals surface area contributed by atoms with E-state index in [1.54, 1.807) is 7.05 Å². The van der Waals surface area contributed by atoms with E-state index in [4.69, 9.17) is 15.4 Å². The first-order valence-electron chi connectivity index (χ1n) is 5.74. The summed E-state index contributed by atoms with van der Waals surface area (Å²) in [6.07, 6.45) is -0.559. The van der Waals surface area contributed by atoms with Gasteiger partial charge in [0, 0.05) is 17.7 Å². The second-order valence-corrected chi connectivity index (χ2v) is 7.31. The molecule has 1 heterocycles. The summed E-state index contributed by atoms with van der Waals surface area (Å²) < 4.78 is 28.2. The molecule has 0 saturated heterocycles. The lowest BCUT2D eigenvalue weighted by Gasteiger charge is -2.33.